The summed E-state index contributed by atoms with van der Waals surface area (Å²) < 4.78 is 5.68. The lowest BCUT2D eigenvalue weighted by Gasteiger charge is -2.34. The van der Waals surface area contributed by atoms with E-state index < -0.39 is 17.2 Å². The molecule has 1 saturated heterocycles. The molecule has 4 rings (SSSR count). The minimum atomic E-state index is -0.594. The van der Waals surface area contributed by atoms with E-state index in [0.29, 0.717) is 12.8 Å². The molecule has 1 amide bonds. The van der Waals surface area contributed by atoms with Gasteiger partial charge in [-0.2, -0.15) is 5.06 Å². The van der Waals surface area contributed by atoms with Gasteiger partial charge < -0.3 is 4.74 Å². The van der Waals surface area contributed by atoms with Crippen molar-refractivity contribution in [1.82, 2.24) is 5.06 Å². The molecule has 0 spiro atoms. The summed E-state index contributed by atoms with van der Waals surface area (Å²) in [5.74, 6) is 0. The van der Waals surface area contributed by atoms with Gasteiger partial charge in [0.25, 0.3) is 0 Å². The molecular formula is C28H31NO3. The summed E-state index contributed by atoms with van der Waals surface area (Å²) in [6, 6.07) is 28.9. The average Bonchev–Trinajstić information content (AvgIpc) is 3.11. The van der Waals surface area contributed by atoms with Crippen molar-refractivity contribution < 1.29 is 14.4 Å². The minimum Gasteiger partial charge on any atom is -0.442 e. The molecule has 0 N–H and O–H groups in total. The Balaban J connectivity index is 1.58. The van der Waals surface area contributed by atoms with Crippen LogP contribution in [-0.2, 0) is 16.0 Å². The first-order chi connectivity index (χ1) is 15.2. The van der Waals surface area contributed by atoms with Gasteiger partial charge in [0.1, 0.15) is 11.7 Å². The number of amides is 1. The number of carbonyl (C=O) groups excluding carboxylic acids is 1. The Morgan fingerprint density at radius 2 is 1.50 bits per heavy atom. The first kappa shape index (κ1) is 22.1. The van der Waals surface area contributed by atoms with Crippen molar-refractivity contribution >= 4 is 6.09 Å². The molecule has 4 heteroatoms. The van der Waals surface area contributed by atoms with Gasteiger partial charge >= 0.3 is 6.09 Å². The van der Waals surface area contributed by atoms with Gasteiger partial charge in [0.2, 0.25) is 0 Å². The summed E-state index contributed by atoms with van der Waals surface area (Å²) in [6.07, 6.45) is 0.720. The molecule has 32 heavy (non-hydrogen) atoms. The zero-order chi connectivity index (χ0) is 22.8. The standard InChI is InChI=1S/C28H31NO3/c1-27(2,3)31-26(30)29-28(4,20-25(32-29)24-13-9-6-10-14-24)19-21-15-17-23(18-16-21)22-11-7-5-8-12-22/h5-18,25H,19-20H2,1-4H3/t25-,28-/m0/s1. The van der Waals surface area contributed by atoms with Crippen LogP contribution in [0, 0.1) is 0 Å². The van der Waals surface area contributed by atoms with Crippen molar-refractivity contribution in [2.24, 2.45) is 0 Å². The molecule has 4 nitrogen and oxygen atoms in total. The van der Waals surface area contributed by atoms with Gasteiger partial charge in [-0.05, 0) is 56.4 Å². The van der Waals surface area contributed by atoms with Gasteiger partial charge in [-0.25, -0.2) is 4.79 Å². The minimum absolute atomic E-state index is 0.197. The Hall–Kier alpha value is -3.11. The van der Waals surface area contributed by atoms with Crippen LogP contribution in [0.5, 0.6) is 0 Å². The average molecular weight is 430 g/mol. The van der Waals surface area contributed by atoms with Crippen LogP contribution in [0.2, 0.25) is 0 Å². The molecule has 166 valence electrons. The number of hydrogen-bond acceptors (Lipinski definition) is 3. The predicted molar refractivity (Wildman–Crippen MR) is 127 cm³/mol. The smallest absolute Gasteiger partial charge is 0.435 e. The van der Waals surface area contributed by atoms with E-state index in [9.17, 15) is 4.79 Å². The van der Waals surface area contributed by atoms with Crippen molar-refractivity contribution in [3.8, 4) is 11.1 Å². The van der Waals surface area contributed by atoms with Crippen LogP contribution in [0.1, 0.15) is 51.3 Å². The summed E-state index contributed by atoms with van der Waals surface area (Å²) >= 11 is 0. The number of nitrogens with zero attached hydrogens (tertiary/aromatic N) is 1. The van der Waals surface area contributed by atoms with Gasteiger partial charge in [0, 0.05) is 6.42 Å². The molecule has 1 aliphatic heterocycles. The second kappa shape index (κ2) is 8.79. The highest BCUT2D eigenvalue weighted by molar-refractivity contribution is 5.68. The summed E-state index contributed by atoms with van der Waals surface area (Å²) in [7, 11) is 0. The van der Waals surface area contributed by atoms with E-state index in [1.807, 2.05) is 69.3 Å². The lowest BCUT2D eigenvalue weighted by Crippen LogP contribution is -2.47. The topological polar surface area (TPSA) is 38.8 Å². The van der Waals surface area contributed by atoms with E-state index in [1.165, 1.54) is 16.2 Å². The summed E-state index contributed by atoms with van der Waals surface area (Å²) in [5, 5.41) is 1.46. The molecule has 2 atom stereocenters. The highest BCUT2D eigenvalue weighted by Gasteiger charge is 2.48. The van der Waals surface area contributed by atoms with Crippen LogP contribution in [0.25, 0.3) is 11.1 Å². The van der Waals surface area contributed by atoms with Crippen molar-refractivity contribution in [3.05, 3.63) is 96.1 Å². The number of benzene rings is 3. The Bertz CT molecular complexity index is 1040. The summed E-state index contributed by atoms with van der Waals surface area (Å²) in [5.41, 5.74) is 3.45. The van der Waals surface area contributed by atoms with E-state index in [4.69, 9.17) is 9.57 Å². The normalized spacial score (nSPS) is 20.9. The zero-order valence-electron chi connectivity index (χ0n) is 19.2. The Morgan fingerprint density at radius 3 is 2.09 bits per heavy atom. The fourth-order valence-electron chi connectivity index (χ4n) is 4.22. The maximum Gasteiger partial charge on any atom is 0.435 e. The van der Waals surface area contributed by atoms with E-state index in [0.717, 1.165) is 11.1 Å². The third-order valence-electron chi connectivity index (χ3n) is 5.72. The van der Waals surface area contributed by atoms with Crippen molar-refractivity contribution in [2.75, 3.05) is 0 Å². The monoisotopic (exact) mass is 429 g/mol. The van der Waals surface area contributed by atoms with E-state index in [1.54, 1.807) is 0 Å². The predicted octanol–water partition coefficient (Wildman–Crippen LogP) is 6.97. The molecule has 1 heterocycles. The molecule has 0 bridgehead atoms. The quantitative estimate of drug-likeness (QED) is 0.449. The first-order valence-corrected chi connectivity index (χ1v) is 11.1. The second-order valence-corrected chi connectivity index (χ2v) is 9.72. The van der Waals surface area contributed by atoms with Gasteiger partial charge in [0.15, 0.2) is 0 Å². The highest BCUT2D eigenvalue weighted by Crippen LogP contribution is 2.43. The molecule has 1 fully saturated rings. The molecule has 1 aliphatic rings. The van der Waals surface area contributed by atoms with Crippen molar-refractivity contribution in [3.63, 3.8) is 0 Å². The SMILES string of the molecule is CC(C)(C)OC(=O)N1O[C@H](c2ccccc2)C[C@]1(C)Cc1ccc(-c2ccccc2)cc1. The Labute approximate surface area is 190 Å². The van der Waals surface area contributed by atoms with Crippen LogP contribution in [0.3, 0.4) is 0 Å². The van der Waals surface area contributed by atoms with Gasteiger partial charge in [-0.3, -0.25) is 4.84 Å². The Morgan fingerprint density at radius 1 is 0.938 bits per heavy atom. The largest absolute Gasteiger partial charge is 0.442 e. The number of hydroxylamine groups is 2. The highest BCUT2D eigenvalue weighted by atomic mass is 16.7. The third-order valence-corrected chi connectivity index (χ3v) is 5.72. The van der Waals surface area contributed by atoms with Crippen molar-refractivity contribution in [1.29, 1.82) is 0 Å². The van der Waals surface area contributed by atoms with E-state index in [2.05, 4.69) is 43.3 Å². The lowest BCUT2D eigenvalue weighted by atomic mass is 9.86. The van der Waals surface area contributed by atoms with E-state index in [-0.39, 0.29) is 6.10 Å². The Kier molecular flexibility index (Phi) is 6.07. The fourth-order valence-corrected chi connectivity index (χ4v) is 4.22. The molecule has 3 aromatic carbocycles. The number of hydrogen-bond donors (Lipinski definition) is 0. The molecular weight excluding hydrogens is 398 g/mol. The van der Waals surface area contributed by atoms with Gasteiger partial charge in [-0.1, -0.05) is 84.9 Å². The molecule has 0 saturated carbocycles. The molecule has 0 radical (unpaired) electrons. The number of ether oxygens (including phenoxy) is 1. The maximum absolute atomic E-state index is 13.1. The van der Waals surface area contributed by atoms with Crippen molar-refractivity contribution in [2.45, 2.75) is 57.8 Å². The van der Waals surface area contributed by atoms with Crippen LogP contribution in [0.15, 0.2) is 84.9 Å². The molecule has 0 unspecified atom stereocenters. The first-order valence-electron chi connectivity index (χ1n) is 11.1. The zero-order valence-corrected chi connectivity index (χ0v) is 19.2. The van der Waals surface area contributed by atoms with Crippen LogP contribution in [-0.4, -0.2) is 22.3 Å². The molecule has 3 aromatic rings. The summed E-state index contributed by atoms with van der Waals surface area (Å²) in [6.45, 7) is 7.69. The second-order valence-electron chi connectivity index (χ2n) is 9.72. The van der Waals surface area contributed by atoms with Gasteiger partial charge in [-0.15, -0.1) is 0 Å². The van der Waals surface area contributed by atoms with Crippen LogP contribution >= 0.6 is 0 Å². The van der Waals surface area contributed by atoms with Crippen LogP contribution < -0.4 is 0 Å². The third kappa shape index (κ3) is 5.03. The lowest BCUT2D eigenvalue weighted by molar-refractivity contribution is -0.169. The number of carbonyl (C=O) groups is 1. The van der Waals surface area contributed by atoms with E-state index >= 15 is 0 Å². The van der Waals surface area contributed by atoms with Gasteiger partial charge in [0.05, 0.1) is 5.54 Å². The fraction of sp³-hybridized carbons (Fsp3) is 0.321. The number of rotatable bonds is 4. The summed E-state index contributed by atoms with van der Waals surface area (Å²) in [4.78, 5) is 19.3. The molecule has 0 aromatic heterocycles. The maximum atomic E-state index is 13.1. The molecule has 0 aliphatic carbocycles. The van der Waals surface area contributed by atoms with Crippen LogP contribution in [0.4, 0.5) is 4.79 Å².